The van der Waals surface area contributed by atoms with Crippen LogP contribution in [0.2, 0.25) is 0 Å². The van der Waals surface area contributed by atoms with Gasteiger partial charge in [-0.25, -0.2) is 4.39 Å². The lowest BCUT2D eigenvalue weighted by molar-refractivity contribution is 0.0998. The fraction of sp³-hybridized carbons (Fsp3) is 0.0667. The molecule has 0 atom stereocenters. The van der Waals surface area contributed by atoms with E-state index >= 15 is 0 Å². The fourth-order valence-electron chi connectivity index (χ4n) is 2.01. The normalized spacial score (nSPS) is 12.0. The topological polar surface area (TPSA) is 34.4 Å². The van der Waals surface area contributed by atoms with Gasteiger partial charge in [0.1, 0.15) is 5.82 Å². The molecule has 0 unspecified atom stereocenters. The lowest BCUT2D eigenvalue weighted by Gasteiger charge is -1.97. The van der Waals surface area contributed by atoms with Crippen molar-refractivity contribution in [3.63, 3.8) is 0 Å². The Labute approximate surface area is 132 Å². The maximum atomic E-state index is 13.8. The van der Waals surface area contributed by atoms with E-state index in [2.05, 4.69) is 20.9 Å². The fourth-order valence-corrected chi connectivity index (χ4v) is 3.30. The highest BCUT2D eigenvalue weighted by Gasteiger charge is 2.09. The highest BCUT2D eigenvalue weighted by molar-refractivity contribution is 9.10. The molecule has 3 rings (SSSR count). The number of rotatable bonds is 1. The van der Waals surface area contributed by atoms with Gasteiger partial charge in [-0.1, -0.05) is 33.3 Å². The van der Waals surface area contributed by atoms with Gasteiger partial charge in [0.05, 0.1) is 10.2 Å². The number of aromatic nitrogens is 1. The quantitative estimate of drug-likeness (QED) is 0.645. The second-order valence-electron chi connectivity index (χ2n) is 4.45. The molecule has 3 nitrogen and oxygen atoms in total. The molecule has 0 saturated carbocycles. The van der Waals surface area contributed by atoms with E-state index in [4.69, 9.17) is 0 Å². The molecule has 0 aliphatic carbocycles. The molecule has 0 saturated heterocycles. The average Bonchev–Trinajstić information content (AvgIpc) is 2.77. The van der Waals surface area contributed by atoms with Crippen LogP contribution in [-0.2, 0) is 7.05 Å². The molecule has 1 amide bonds. The van der Waals surface area contributed by atoms with E-state index in [0.29, 0.717) is 15.9 Å². The largest absolute Gasteiger partial charge is 0.317 e. The highest BCUT2D eigenvalue weighted by atomic mass is 79.9. The highest BCUT2D eigenvalue weighted by Crippen LogP contribution is 2.19. The molecule has 0 N–H and O–H groups in total. The summed E-state index contributed by atoms with van der Waals surface area (Å²) in [4.78, 5) is 16.7. The minimum atomic E-state index is -0.343. The zero-order valence-electron chi connectivity index (χ0n) is 11.0. The molecule has 2 aromatic carbocycles. The molecule has 0 spiro atoms. The van der Waals surface area contributed by atoms with Gasteiger partial charge in [-0.2, -0.15) is 4.99 Å². The SMILES string of the molecule is Cn1c(=NC(=O)c2ccc(Br)cc2)sc2cccc(F)c21. The first-order valence-corrected chi connectivity index (χ1v) is 7.76. The van der Waals surface area contributed by atoms with Crippen molar-refractivity contribution in [2.24, 2.45) is 12.0 Å². The molecular weight excluding hydrogens is 355 g/mol. The number of carbonyl (C=O) groups is 1. The van der Waals surface area contributed by atoms with E-state index in [9.17, 15) is 9.18 Å². The predicted octanol–water partition coefficient (Wildman–Crippen LogP) is 3.88. The van der Waals surface area contributed by atoms with Crippen LogP contribution in [0, 0.1) is 5.82 Å². The third-order valence-corrected chi connectivity index (χ3v) is 4.69. The van der Waals surface area contributed by atoms with Gasteiger partial charge in [0.25, 0.3) is 5.91 Å². The first-order valence-electron chi connectivity index (χ1n) is 6.15. The maximum Gasteiger partial charge on any atom is 0.279 e. The number of para-hydroxylation sites is 1. The number of hydrogen-bond donors (Lipinski definition) is 0. The van der Waals surface area contributed by atoms with Crippen LogP contribution in [-0.4, -0.2) is 10.5 Å². The van der Waals surface area contributed by atoms with Crippen molar-refractivity contribution >= 4 is 43.4 Å². The average molecular weight is 365 g/mol. The van der Waals surface area contributed by atoms with Crippen LogP contribution in [0.4, 0.5) is 4.39 Å². The Kier molecular flexibility index (Phi) is 3.73. The van der Waals surface area contributed by atoms with Crippen LogP contribution >= 0.6 is 27.3 Å². The van der Waals surface area contributed by atoms with Crippen LogP contribution in [0.5, 0.6) is 0 Å². The summed E-state index contributed by atoms with van der Waals surface area (Å²) in [6.45, 7) is 0. The molecule has 0 aliphatic heterocycles. The molecule has 1 aromatic heterocycles. The van der Waals surface area contributed by atoms with E-state index in [-0.39, 0.29) is 11.7 Å². The Balaban J connectivity index is 2.11. The molecule has 21 heavy (non-hydrogen) atoms. The molecule has 0 fully saturated rings. The maximum absolute atomic E-state index is 13.8. The lowest BCUT2D eigenvalue weighted by Crippen LogP contribution is -2.13. The molecule has 1 heterocycles. The van der Waals surface area contributed by atoms with Crippen LogP contribution in [0.1, 0.15) is 10.4 Å². The van der Waals surface area contributed by atoms with Crippen molar-refractivity contribution in [1.82, 2.24) is 4.57 Å². The van der Waals surface area contributed by atoms with Crippen LogP contribution < -0.4 is 4.80 Å². The summed E-state index contributed by atoms with van der Waals surface area (Å²) in [5, 5.41) is 0. The molecule has 106 valence electrons. The Morgan fingerprint density at radius 2 is 1.95 bits per heavy atom. The molecule has 0 radical (unpaired) electrons. The minimum absolute atomic E-state index is 0.316. The summed E-state index contributed by atoms with van der Waals surface area (Å²) in [5.74, 6) is -0.658. The van der Waals surface area contributed by atoms with Gasteiger partial charge in [0.15, 0.2) is 4.80 Å². The number of hydrogen-bond acceptors (Lipinski definition) is 2. The Morgan fingerprint density at radius 1 is 1.24 bits per heavy atom. The number of fused-ring (bicyclic) bond motifs is 1. The summed E-state index contributed by atoms with van der Waals surface area (Å²) in [7, 11) is 1.70. The number of aryl methyl sites for hydroxylation is 1. The van der Waals surface area contributed by atoms with E-state index in [1.807, 2.05) is 6.07 Å². The van der Waals surface area contributed by atoms with Gasteiger partial charge >= 0.3 is 0 Å². The van der Waals surface area contributed by atoms with E-state index < -0.39 is 0 Å². The second-order valence-corrected chi connectivity index (χ2v) is 6.38. The lowest BCUT2D eigenvalue weighted by atomic mass is 10.2. The summed E-state index contributed by atoms with van der Waals surface area (Å²) >= 11 is 4.61. The first kappa shape index (κ1) is 14.2. The third kappa shape index (κ3) is 2.69. The summed E-state index contributed by atoms with van der Waals surface area (Å²) in [6, 6.07) is 11.8. The zero-order chi connectivity index (χ0) is 15.0. The first-order chi connectivity index (χ1) is 10.1. The van der Waals surface area contributed by atoms with Crippen molar-refractivity contribution in [3.8, 4) is 0 Å². The standard InChI is InChI=1S/C15H10BrFN2OS/c1-19-13-11(17)3-2-4-12(13)21-15(19)18-14(20)9-5-7-10(16)8-6-9/h2-8H,1H3. The smallest absolute Gasteiger partial charge is 0.279 e. The van der Waals surface area contributed by atoms with Crippen LogP contribution in [0.25, 0.3) is 10.2 Å². The number of thiazole rings is 1. The number of halogens is 2. The van der Waals surface area contributed by atoms with Crippen molar-refractivity contribution in [2.45, 2.75) is 0 Å². The second kappa shape index (κ2) is 5.54. The molecule has 0 aliphatic rings. The van der Waals surface area contributed by atoms with Gasteiger partial charge in [-0.3, -0.25) is 4.79 Å². The van der Waals surface area contributed by atoms with Crippen LogP contribution in [0.15, 0.2) is 51.9 Å². The van der Waals surface area contributed by atoms with Crippen molar-refractivity contribution in [3.05, 3.63) is 63.1 Å². The Bertz CT molecular complexity index is 896. The molecule has 0 bridgehead atoms. The van der Waals surface area contributed by atoms with E-state index in [1.54, 1.807) is 41.9 Å². The Morgan fingerprint density at radius 3 is 2.62 bits per heavy atom. The van der Waals surface area contributed by atoms with Gasteiger partial charge in [0.2, 0.25) is 0 Å². The van der Waals surface area contributed by atoms with E-state index in [1.165, 1.54) is 17.4 Å². The monoisotopic (exact) mass is 364 g/mol. The van der Waals surface area contributed by atoms with Crippen molar-refractivity contribution < 1.29 is 9.18 Å². The van der Waals surface area contributed by atoms with Gasteiger partial charge < -0.3 is 4.57 Å². The Hall–Kier alpha value is -1.79. The zero-order valence-corrected chi connectivity index (χ0v) is 13.4. The van der Waals surface area contributed by atoms with Crippen LogP contribution in [0.3, 0.4) is 0 Å². The number of amides is 1. The minimum Gasteiger partial charge on any atom is -0.317 e. The predicted molar refractivity (Wildman–Crippen MR) is 84.8 cm³/mol. The molecular formula is C15H10BrFN2OS. The summed E-state index contributed by atoms with van der Waals surface area (Å²) in [5.41, 5.74) is 0.959. The van der Waals surface area contributed by atoms with Gasteiger partial charge in [-0.15, -0.1) is 0 Å². The van der Waals surface area contributed by atoms with Crippen molar-refractivity contribution in [1.29, 1.82) is 0 Å². The van der Waals surface area contributed by atoms with Crippen molar-refractivity contribution in [2.75, 3.05) is 0 Å². The number of nitrogens with zero attached hydrogens (tertiary/aromatic N) is 2. The van der Waals surface area contributed by atoms with Gasteiger partial charge in [-0.05, 0) is 36.4 Å². The van der Waals surface area contributed by atoms with E-state index in [0.717, 1.165) is 9.17 Å². The number of benzene rings is 2. The molecule has 3 aromatic rings. The molecule has 6 heteroatoms. The van der Waals surface area contributed by atoms with Gasteiger partial charge in [0, 0.05) is 17.1 Å². The summed E-state index contributed by atoms with van der Waals surface area (Å²) in [6.07, 6.45) is 0. The summed E-state index contributed by atoms with van der Waals surface area (Å²) < 4.78 is 17.1. The number of carbonyl (C=O) groups excluding carboxylic acids is 1. The third-order valence-electron chi connectivity index (χ3n) is 3.06.